The number of amidine groups is 1. The Balaban J connectivity index is 1.42. The highest BCUT2D eigenvalue weighted by atomic mass is 15.3. The number of fused-ring (bicyclic) bond motifs is 1. The van der Waals surface area contributed by atoms with E-state index in [4.69, 9.17) is 9.98 Å². The quantitative estimate of drug-likeness (QED) is 0.639. The predicted octanol–water partition coefficient (Wildman–Crippen LogP) is 4.96. The van der Waals surface area contributed by atoms with Gasteiger partial charge in [0.2, 0.25) is 0 Å². The van der Waals surface area contributed by atoms with Crippen LogP contribution in [0.3, 0.4) is 0 Å². The number of hydrogen-bond donors (Lipinski definition) is 0. The van der Waals surface area contributed by atoms with E-state index in [9.17, 15) is 0 Å². The molecule has 0 bridgehead atoms. The molecule has 4 aliphatic rings. The minimum absolute atomic E-state index is 0.119. The molecule has 0 amide bonds. The molecule has 2 saturated heterocycles. The summed E-state index contributed by atoms with van der Waals surface area (Å²) < 4.78 is 0. The first-order chi connectivity index (χ1) is 16.0. The Kier molecular flexibility index (Phi) is 6.45. The molecule has 0 aromatic carbocycles. The molecule has 0 aliphatic carbocycles. The molecule has 0 spiro atoms. The first-order valence-electron chi connectivity index (χ1n) is 13.1. The lowest BCUT2D eigenvalue weighted by atomic mass is 9.74. The molecule has 5 heteroatoms. The van der Waals surface area contributed by atoms with Crippen molar-refractivity contribution in [2.75, 3.05) is 26.7 Å². The number of piperidine rings is 2. The van der Waals surface area contributed by atoms with E-state index in [1.165, 1.54) is 69.4 Å². The zero-order valence-electron chi connectivity index (χ0n) is 21.0. The second-order valence-electron chi connectivity index (χ2n) is 10.8. The van der Waals surface area contributed by atoms with E-state index in [0.717, 1.165) is 11.8 Å². The number of nitrogens with zero attached hydrogens (tertiary/aromatic N) is 5. The van der Waals surface area contributed by atoms with Gasteiger partial charge in [-0.15, -0.1) is 0 Å². The number of allylic oxidation sites excluding steroid dienone is 2. The van der Waals surface area contributed by atoms with Crippen molar-refractivity contribution >= 4 is 5.84 Å². The van der Waals surface area contributed by atoms with Gasteiger partial charge in [0, 0.05) is 18.4 Å². The van der Waals surface area contributed by atoms with E-state index in [-0.39, 0.29) is 5.54 Å². The van der Waals surface area contributed by atoms with Crippen molar-refractivity contribution in [3.05, 3.63) is 54.0 Å². The highest BCUT2D eigenvalue weighted by Crippen LogP contribution is 2.45. The van der Waals surface area contributed by atoms with E-state index in [0.29, 0.717) is 18.1 Å². The van der Waals surface area contributed by atoms with Gasteiger partial charge in [-0.3, -0.25) is 14.9 Å². The van der Waals surface area contributed by atoms with E-state index in [1.807, 2.05) is 6.20 Å². The minimum atomic E-state index is -0.119. The molecule has 2 fully saturated rings. The largest absolute Gasteiger partial charge is 0.328 e. The molecule has 33 heavy (non-hydrogen) atoms. The molecule has 4 aliphatic heterocycles. The van der Waals surface area contributed by atoms with Gasteiger partial charge in [0.25, 0.3) is 0 Å². The average molecular weight is 448 g/mol. The van der Waals surface area contributed by atoms with Crippen LogP contribution in [0.1, 0.15) is 69.7 Å². The summed E-state index contributed by atoms with van der Waals surface area (Å²) in [4.78, 5) is 18.0. The van der Waals surface area contributed by atoms with E-state index >= 15 is 0 Å². The molecule has 0 radical (unpaired) electrons. The second-order valence-corrected chi connectivity index (χ2v) is 10.8. The summed E-state index contributed by atoms with van der Waals surface area (Å²) in [5, 5.41) is 0. The van der Waals surface area contributed by atoms with Crippen LogP contribution in [0.5, 0.6) is 0 Å². The lowest BCUT2D eigenvalue weighted by Gasteiger charge is -2.49. The van der Waals surface area contributed by atoms with Gasteiger partial charge in [-0.2, -0.15) is 0 Å². The average Bonchev–Trinajstić information content (AvgIpc) is 3.12. The van der Waals surface area contributed by atoms with Crippen molar-refractivity contribution in [2.45, 2.75) is 83.0 Å². The summed E-state index contributed by atoms with van der Waals surface area (Å²) in [5.74, 6) is 1.94. The Morgan fingerprint density at radius 3 is 2.70 bits per heavy atom. The van der Waals surface area contributed by atoms with Crippen molar-refractivity contribution in [3.63, 3.8) is 0 Å². The van der Waals surface area contributed by atoms with Crippen LogP contribution in [0, 0.1) is 12.8 Å². The number of rotatable bonds is 5. The molecule has 5 nitrogen and oxygen atoms in total. The number of pyridine rings is 1. The van der Waals surface area contributed by atoms with E-state index in [2.05, 4.69) is 79.1 Å². The Morgan fingerprint density at radius 1 is 1.12 bits per heavy atom. The fourth-order valence-electron chi connectivity index (χ4n) is 6.92. The summed E-state index contributed by atoms with van der Waals surface area (Å²) in [6.45, 7) is 10.6. The standard InChI is InChI=1S/C28H41N5/c1-5-32-18-14-22(15-19-32)20-25-28(3,30-26-13-6-7-17-33(25)26)24-12-8-11-23(31(24)4)27-21(2)10-9-16-29-27/h6-7,9-10,13,16-17,22-25H,5,8,11-12,14-15,18-20H2,1-4H3/t23-,24+,25?,28?/m0/s1. The van der Waals surface area contributed by atoms with Crippen LogP contribution >= 0.6 is 0 Å². The summed E-state index contributed by atoms with van der Waals surface area (Å²) in [5.41, 5.74) is 2.44. The Labute approximate surface area is 200 Å². The number of aryl methyl sites for hydroxylation is 1. The lowest BCUT2D eigenvalue weighted by molar-refractivity contribution is 0.0366. The number of aliphatic imine (C=N–C) groups is 1. The molecule has 2 unspecified atom stereocenters. The molecular formula is C28H41N5. The van der Waals surface area contributed by atoms with Gasteiger partial charge in [0.15, 0.2) is 0 Å². The zero-order valence-corrected chi connectivity index (χ0v) is 21.0. The van der Waals surface area contributed by atoms with Crippen LogP contribution in [0.25, 0.3) is 0 Å². The number of likely N-dealkylation sites (tertiary alicyclic amines) is 2. The summed E-state index contributed by atoms with van der Waals surface area (Å²) in [6, 6.07) is 5.47. The topological polar surface area (TPSA) is 35.0 Å². The molecule has 1 aromatic heterocycles. The first kappa shape index (κ1) is 22.8. The van der Waals surface area contributed by atoms with Gasteiger partial charge in [-0.05, 0) is 109 Å². The third-order valence-electron chi connectivity index (χ3n) is 8.92. The van der Waals surface area contributed by atoms with E-state index in [1.54, 1.807) is 0 Å². The van der Waals surface area contributed by atoms with Crippen LogP contribution < -0.4 is 0 Å². The molecule has 0 N–H and O–H groups in total. The molecule has 5 heterocycles. The van der Waals surface area contributed by atoms with Crippen molar-refractivity contribution < 1.29 is 0 Å². The fraction of sp³-hybridized carbons (Fsp3) is 0.643. The molecular weight excluding hydrogens is 406 g/mol. The van der Waals surface area contributed by atoms with Gasteiger partial charge in [-0.1, -0.05) is 19.1 Å². The van der Waals surface area contributed by atoms with Crippen molar-refractivity contribution in [1.29, 1.82) is 0 Å². The SMILES string of the molecule is CCN1CCC(CC2N3C=CC=CC3=NC2(C)[C@H]2CCC[C@@H](c3ncccc3C)N2C)CC1. The maximum Gasteiger partial charge on any atom is 0.128 e. The minimum Gasteiger partial charge on any atom is -0.328 e. The number of hydrogen-bond acceptors (Lipinski definition) is 5. The van der Waals surface area contributed by atoms with Crippen LogP contribution in [0.2, 0.25) is 0 Å². The van der Waals surface area contributed by atoms with Gasteiger partial charge >= 0.3 is 0 Å². The highest BCUT2D eigenvalue weighted by molar-refractivity contribution is 5.97. The number of aromatic nitrogens is 1. The van der Waals surface area contributed by atoms with Crippen LogP contribution in [-0.2, 0) is 0 Å². The Bertz CT molecular complexity index is 928. The highest BCUT2D eigenvalue weighted by Gasteiger charge is 2.52. The zero-order chi connectivity index (χ0) is 23.0. The normalized spacial score (nSPS) is 33.4. The Morgan fingerprint density at radius 2 is 1.94 bits per heavy atom. The summed E-state index contributed by atoms with van der Waals surface area (Å²) in [7, 11) is 2.33. The third-order valence-corrected chi connectivity index (χ3v) is 8.92. The third kappa shape index (κ3) is 4.19. The molecule has 1 aromatic rings. The monoisotopic (exact) mass is 447 g/mol. The fourth-order valence-corrected chi connectivity index (χ4v) is 6.92. The molecule has 178 valence electrons. The smallest absolute Gasteiger partial charge is 0.128 e. The van der Waals surface area contributed by atoms with Crippen molar-refractivity contribution in [2.24, 2.45) is 10.9 Å². The van der Waals surface area contributed by atoms with Crippen LogP contribution in [0.4, 0.5) is 0 Å². The van der Waals surface area contributed by atoms with Crippen molar-refractivity contribution in [3.8, 4) is 0 Å². The maximum atomic E-state index is 5.48. The van der Waals surface area contributed by atoms with Gasteiger partial charge in [-0.25, -0.2) is 0 Å². The lowest BCUT2D eigenvalue weighted by Crippen LogP contribution is -2.58. The molecule has 5 rings (SSSR count). The van der Waals surface area contributed by atoms with Gasteiger partial charge < -0.3 is 9.80 Å². The maximum absolute atomic E-state index is 5.48. The van der Waals surface area contributed by atoms with Crippen LogP contribution in [0.15, 0.2) is 47.7 Å². The molecule has 4 atom stereocenters. The van der Waals surface area contributed by atoms with Gasteiger partial charge in [0.05, 0.1) is 23.3 Å². The summed E-state index contributed by atoms with van der Waals surface area (Å²) in [6.07, 6.45) is 18.3. The molecule has 0 saturated carbocycles. The van der Waals surface area contributed by atoms with Gasteiger partial charge in [0.1, 0.15) is 5.84 Å². The number of likely N-dealkylation sites (N-methyl/N-ethyl adjacent to an activating group) is 1. The van der Waals surface area contributed by atoms with E-state index < -0.39 is 0 Å². The second kappa shape index (κ2) is 9.34. The first-order valence-corrected chi connectivity index (χ1v) is 13.1. The van der Waals surface area contributed by atoms with Crippen molar-refractivity contribution in [1.82, 2.24) is 19.7 Å². The Hall–Kier alpha value is -1.98. The van der Waals surface area contributed by atoms with Crippen LogP contribution in [-0.4, -0.2) is 69.8 Å². The summed E-state index contributed by atoms with van der Waals surface area (Å²) >= 11 is 0. The predicted molar refractivity (Wildman–Crippen MR) is 136 cm³/mol.